The van der Waals surface area contributed by atoms with Crippen molar-refractivity contribution in [2.45, 2.75) is 45.6 Å². The van der Waals surface area contributed by atoms with Crippen molar-refractivity contribution in [1.29, 1.82) is 0 Å². The third-order valence-electron chi connectivity index (χ3n) is 4.17. The lowest BCUT2D eigenvalue weighted by molar-refractivity contribution is -0.156. The lowest BCUT2D eigenvalue weighted by Gasteiger charge is -2.47. The number of likely N-dealkylation sites (tertiary alicyclic amines) is 1. The van der Waals surface area contributed by atoms with Gasteiger partial charge in [0.1, 0.15) is 6.29 Å². The third-order valence-corrected chi connectivity index (χ3v) is 4.17. The van der Waals surface area contributed by atoms with Gasteiger partial charge in [0.15, 0.2) is 0 Å². The molecule has 4 heteroatoms. The minimum absolute atomic E-state index is 0.270. The normalized spacial score (nSPS) is 21.7. The van der Waals surface area contributed by atoms with E-state index in [1.807, 2.05) is 6.92 Å². The average molecular weight is 227 g/mol. The molecule has 1 unspecified atom stereocenters. The molecule has 1 rings (SSSR count). The van der Waals surface area contributed by atoms with Crippen molar-refractivity contribution in [3.05, 3.63) is 0 Å². The molecule has 0 spiro atoms. The fraction of sp³-hybridized carbons (Fsp3) is 0.833. The summed E-state index contributed by atoms with van der Waals surface area (Å²) >= 11 is 0. The Hall–Kier alpha value is -0.900. The van der Waals surface area contributed by atoms with Crippen LogP contribution >= 0.6 is 0 Å². The standard InChI is InChI=1S/C12H21NO3/c1-11(2,10(15)16)12(3,6-9-14)13-7-4-5-8-13/h9H,4-8H2,1-3H3,(H,15,16). The van der Waals surface area contributed by atoms with E-state index in [9.17, 15) is 14.7 Å². The van der Waals surface area contributed by atoms with Gasteiger partial charge in [0, 0.05) is 12.0 Å². The van der Waals surface area contributed by atoms with Crippen LogP contribution in [-0.2, 0) is 9.59 Å². The Balaban J connectivity index is 3.03. The molecule has 0 saturated carbocycles. The van der Waals surface area contributed by atoms with Crippen LogP contribution in [0.4, 0.5) is 0 Å². The van der Waals surface area contributed by atoms with Crippen molar-refractivity contribution >= 4 is 12.3 Å². The van der Waals surface area contributed by atoms with E-state index >= 15 is 0 Å². The lowest BCUT2D eigenvalue weighted by Crippen LogP contribution is -2.58. The van der Waals surface area contributed by atoms with Crippen LogP contribution in [0.25, 0.3) is 0 Å². The summed E-state index contributed by atoms with van der Waals surface area (Å²) in [6, 6.07) is 0. The zero-order chi connectivity index (χ0) is 12.4. The van der Waals surface area contributed by atoms with E-state index in [4.69, 9.17) is 0 Å². The molecule has 0 amide bonds. The Morgan fingerprint density at radius 1 is 1.31 bits per heavy atom. The van der Waals surface area contributed by atoms with Crippen molar-refractivity contribution in [2.24, 2.45) is 5.41 Å². The summed E-state index contributed by atoms with van der Waals surface area (Å²) in [5.74, 6) is -0.844. The summed E-state index contributed by atoms with van der Waals surface area (Å²) < 4.78 is 0. The van der Waals surface area contributed by atoms with Crippen LogP contribution in [0.3, 0.4) is 0 Å². The van der Waals surface area contributed by atoms with Crippen LogP contribution in [-0.4, -0.2) is 40.9 Å². The molecule has 1 saturated heterocycles. The lowest BCUT2D eigenvalue weighted by atomic mass is 9.70. The number of carbonyl (C=O) groups is 2. The van der Waals surface area contributed by atoms with Crippen LogP contribution in [0.1, 0.15) is 40.0 Å². The van der Waals surface area contributed by atoms with E-state index in [0.29, 0.717) is 0 Å². The third kappa shape index (κ3) is 1.98. The van der Waals surface area contributed by atoms with Crippen molar-refractivity contribution in [2.75, 3.05) is 13.1 Å². The van der Waals surface area contributed by atoms with Crippen LogP contribution < -0.4 is 0 Å². The first-order valence-corrected chi connectivity index (χ1v) is 5.78. The number of carboxylic acid groups (broad SMARTS) is 1. The van der Waals surface area contributed by atoms with Gasteiger partial charge < -0.3 is 9.90 Å². The molecule has 0 aromatic rings. The Morgan fingerprint density at radius 2 is 1.81 bits per heavy atom. The number of carbonyl (C=O) groups excluding carboxylic acids is 1. The fourth-order valence-electron chi connectivity index (χ4n) is 2.38. The topological polar surface area (TPSA) is 57.6 Å². The second-order valence-electron chi connectivity index (χ2n) is 5.27. The second kappa shape index (κ2) is 4.53. The van der Waals surface area contributed by atoms with Crippen LogP contribution in [0.5, 0.6) is 0 Å². The maximum absolute atomic E-state index is 11.4. The zero-order valence-corrected chi connectivity index (χ0v) is 10.3. The maximum atomic E-state index is 11.4. The Bertz CT molecular complexity index is 282. The van der Waals surface area contributed by atoms with E-state index < -0.39 is 16.9 Å². The molecule has 0 aromatic carbocycles. The largest absolute Gasteiger partial charge is 0.481 e. The SMILES string of the molecule is CC(C)(C(=O)O)C(C)(CC=O)N1CCCC1. The molecule has 1 aliphatic rings. The van der Waals surface area contributed by atoms with Gasteiger partial charge in [0.2, 0.25) is 0 Å². The summed E-state index contributed by atoms with van der Waals surface area (Å²) in [5, 5.41) is 9.32. The van der Waals surface area contributed by atoms with Crippen molar-refractivity contribution in [3.8, 4) is 0 Å². The molecule has 1 fully saturated rings. The molecule has 0 bridgehead atoms. The van der Waals surface area contributed by atoms with E-state index in [0.717, 1.165) is 32.2 Å². The zero-order valence-electron chi connectivity index (χ0n) is 10.3. The van der Waals surface area contributed by atoms with Gasteiger partial charge in [-0.1, -0.05) is 0 Å². The number of hydrogen-bond acceptors (Lipinski definition) is 3. The fourth-order valence-corrected chi connectivity index (χ4v) is 2.38. The quantitative estimate of drug-likeness (QED) is 0.724. The summed E-state index contributed by atoms with van der Waals surface area (Å²) in [5.41, 5.74) is -1.50. The first-order chi connectivity index (χ1) is 7.36. The molecular weight excluding hydrogens is 206 g/mol. The van der Waals surface area contributed by atoms with Crippen molar-refractivity contribution < 1.29 is 14.7 Å². The number of carboxylic acids is 1. The van der Waals surface area contributed by atoms with Crippen LogP contribution in [0, 0.1) is 5.41 Å². The Kier molecular flexibility index (Phi) is 3.73. The summed E-state index contributed by atoms with van der Waals surface area (Å²) in [6.07, 6.45) is 3.28. The molecule has 0 aromatic heterocycles. The predicted octanol–water partition coefficient (Wildman–Crippen LogP) is 1.54. The van der Waals surface area contributed by atoms with Crippen molar-refractivity contribution in [1.82, 2.24) is 4.90 Å². The Morgan fingerprint density at radius 3 is 2.19 bits per heavy atom. The number of nitrogens with zero attached hydrogens (tertiary/aromatic N) is 1. The minimum atomic E-state index is -0.918. The minimum Gasteiger partial charge on any atom is -0.481 e. The van der Waals surface area contributed by atoms with Gasteiger partial charge in [-0.2, -0.15) is 0 Å². The molecular formula is C12H21NO3. The highest BCUT2D eigenvalue weighted by Crippen LogP contribution is 2.40. The molecule has 4 nitrogen and oxygen atoms in total. The van der Waals surface area contributed by atoms with Gasteiger partial charge in [-0.15, -0.1) is 0 Å². The van der Waals surface area contributed by atoms with Gasteiger partial charge in [-0.05, 0) is 46.7 Å². The number of rotatable bonds is 5. The highest BCUT2D eigenvalue weighted by Gasteiger charge is 2.50. The Labute approximate surface area is 96.6 Å². The number of hydrogen-bond donors (Lipinski definition) is 1. The van der Waals surface area contributed by atoms with E-state index in [1.165, 1.54) is 0 Å². The van der Waals surface area contributed by atoms with Crippen LogP contribution in [0.2, 0.25) is 0 Å². The molecule has 1 atom stereocenters. The smallest absolute Gasteiger partial charge is 0.310 e. The van der Waals surface area contributed by atoms with E-state index in [-0.39, 0.29) is 6.42 Å². The van der Waals surface area contributed by atoms with Crippen molar-refractivity contribution in [3.63, 3.8) is 0 Å². The van der Waals surface area contributed by atoms with E-state index in [2.05, 4.69) is 4.90 Å². The first kappa shape index (κ1) is 13.2. The summed E-state index contributed by atoms with van der Waals surface area (Å²) in [7, 11) is 0. The maximum Gasteiger partial charge on any atom is 0.310 e. The summed E-state index contributed by atoms with van der Waals surface area (Å²) in [6.45, 7) is 7.08. The van der Waals surface area contributed by atoms with Gasteiger partial charge in [0.05, 0.1) is 5.41 Å². The molecule has 92 valence electrons. The monoisotopic (exact) mass is 227 g/mol. The molecule has 0 radical (unpaired) electrons. The molecule has 1 N–H and O–H groups in total. The number of aldehydes is 1. The first-order valence-electron chi connectivity index (χ1n) is 5.78. The molecule has 1 aliphatic heterocycles. The molecule has 0 aliphatic carbocycles. The predicted molar refractivity (Wildman–Crippen MR) is 61.3 cm³/mol. The van der Waals surface area contributed by atoms with Gasteiger partial charge in [-0.3, -0.25) is 9.69 Å². The highest BCUT2D eigenvalue weighted by molar-refractivity contribution is 5.76. The summed E-state index contributed by atoms with van der Waals surface area (Å²) in [4.78, 5) is 24.3. The van der Waals surface area contributed by atoms with E-state index in [1.54, 1.807) is 13.8 Å². The average Bonchev–Trinajstić information content (AvgIpc) is 2.70. The highest BCUT2D eigenvalue weighted by atomic mass is 16.4. The molecule has 1 heterocycles. The van der Waals surface area contributed by atoms with Gasteiger partial charge in [-0.25, -0.2) is 0 Å². The van der Waals surface area contributed by atoms with Gasteiger partial charge >= 0.3 is 5.97 Å². The number of aliphatic carboxylic acids is 1. The second-order valence-corrected chi connectivity index (χ2v) is 5.27. The molecule has 16 heavy (non-hydrogen) atoms. The van der Waals surface area contributed by atoms with Gasteiger partial charge in [0.25, 0.3) is 0 Å². The van der Waals surface area contributed by atoms with Crippen LogP contribution in [0.15, 0.2) is 0 Å².